The molecule has 0 aliphatic rings. The Balaban J connectivity index is 0.000000189. The summed E-state index contributed by atoms with van der Waals surface area (Å²) in [5, 5.41) is 7.00. The molecule has 0 unspecified atom stereocenters. The molecule has 0 bridgehead atoms. The lowest BCUT2D eigenvalue weighted by Crippen LogP contribution is -1.47. The monoisotopic (exact) mass is 177 g/mol. The molecule has 0 saturated heterocycles. The molecule has 0 atom stereocenters. The highest BCUT2D eigenvalue weighted by Gasteiger charge is 1.58. The van der Waals surface area contributed by atoms with E-state index in [4.69, 9.17) is 5.11 Å². The van der Waals surface area contributed by atoms with Gasteiger partial charge in [0, 0.05) is 19.5 Å². The molecule has 0 saturated carbocycles. The Morgan fingerprint density at radius 1 is 0.615 bits per heavy atom. The zero-order chi connectivity index (χ0) is 9.78. The summed E-state index contributed by atoms with van der Waals surface area (Å²) in [6.07, 6.45) is 3.75. The van der Waals surface area contributed by atoms with Gasteiger partial charge in [-0.3, -0.25) is 0 Å². The first-order chi connectivity index (χ1) is 6.50. The number of aliphatic hydroxyl groups excluding tert-OH is 1. The molecule has 2 nitrogen and oxygen atoms in total. The maximum atomic E-state index is 7.00. The predicted molar refractivity (Wildman–Crippen MR) is 55.4 cm³/mol. The molecule has 2 heteroatoms. The maximum Gasteiger partial charge on any atom is 0.0319 e. The van der Waals surface area contributed by atoms with Gasteiger partial charge in [-0.05, 0) is 12.1 Å². The molecule has 70 valence electrons. The number of aromatic amines is 1. The van der Waals surface area contributed by atoms with Crippen molar-refractivity contribution in [3.63, 3.8) is 0 Å². The van der Waals surface area contributed by atoms with Crippen LogP contribution >= 0.6 is 0 Å². The lowest BCUT2D eigenvalue weighted by Gasteiger charge is -1.69. The minimum atomic E-state index is 1.00. The lowest BCUT2D eigenvalue weighted by molar-refractivity contribution is 0.399. The molecule has 1 aromatic heterocycles. The average Bonchev–Trinajstić information content (AvgIpc) is 2.82. The second-order valence-electron chi connectivity index (χ2n) is 2.04. The van der Waals surface area contributed by atoms with Crippen LogP contribution in [0.25, 0.3) is 0 Å². The zero-order valence-electron chi connectivity index (χ0n) is 7.72. The maximum absolute atomic E-state index is 7.00. The van der Waals surface area contributed by atoms with Gasteiger partial charge in [-0.2, -0.15) is 0 Å². The van der Waals surface area contributed by atoms with E-state index in [2.05, 4.69) is 4.98 Å². The van der Waals surface area contributed by atoms with E-state index in [9.17, 15) is 0 Å². The zero-order valence-corrected chi connectivity index (χ0v) is 7.72. The van der Waals surface area contributed by atoms with E-state index in [1.165, 1.54) is 0 Å². The first-order valence-electron chi connectivity index (χ1n) is 4.02. The van der Waals surface area contributed by atoms with Crippen LogP contribution in [-0.4, -0.2) is 17.2 Å². The fourth-order valence-electron chi connectivity index (χ4n) is 0.663. The molecule has 0 aliphatic heterocycles. The van der Waals surface area contributed by atoms with E-state index in [0.717, 1.165) is 7.11 Å². The van der Waals surface area contributed by atoms with E-state index in [1.54, 1.807) is 0 Å². The summed E-state index contributed by atoms with van der Waals surface area (Å²) in [6, 6.07) is 15.9. The van der Waals surface area contributed by atoms with Crippen LogP contribution in [0.5, 0.6) is 0 Å². The van der Waals surface area contributed by atoms with Crippen molar-refractivity contribution in [2.24, 2.45) is 0 Å². The van der Waals surface area contributed by atoms with Crippen LogP contribution < -0.4 is 0 Å². The number of nitrogens with one attached hydrogen (secondary N) is 1. The molecule has 13 heavy (non-hydrogen) atoms. The summed E-state index contributed by atoms with van der Waals surface area (Å²) in [6.45, 7) is 0. The molecular weight excluding hydrogens is 162 g/mol. The van der Waals surface area contributed by atoms with Crippen molar-refractivity contribution in [2.75, 3.05) is 7.11 Å². The van der Waals surface area contributed by atoms with Crippen LogP contribution in [0.4, 0.5) is 0 Å². The van der Waals surface area contributed by atoms with Gasteiger partial charge in [0.15, 0.2) is 0 Å². The number of hydrogen-bond acceptors (Lipinski definition) is 1. The van der Waals surface area contributed by atoms with E-state index in [-0.39, 0.29) is 0 Å². The van der Waals surface area contributed by atoms with Gasteiger partial charge in [-0.15, -0.1) is 0 Å². The van der Waals surface area contributed by atoms with Crippen LogP contribution in [0.15, 0.2) is 60.9 Å². The second kappa shape index (κ2) is 10.5. The van der Waals surface area contributed by atoms with Crippen molar-refractivity contribution in [2.45, 2.75) is 0 Å². The summed E-state index contributed by atoms with van der Waals surface area (Å²) < 4.78 is 0. The third-order valence-corrected chi connectivity index (χ3v) is 1.16. The fourth-order valence-corrected chi connectivity index (χ4v) is 0.663. The quantitative estimate of drug-likeness (QED) is 0.636. The number of rotatable bonds is 0. The van der Waals surface area contributed by atoms with Crippen LogP contribution in [0.1, 0.15) is 0 Å². The Labute approximate surface area is 78.9 Å². The Hall–Kier alpha value is -1.54. The van der Waals surface area contributed by atoms with Gasteiger partial charge in [-0.1, -0.05) is 36.4 Å². The fraction of sp³-hybridized carbons (Fsp3) is 0.0909. The standard InChI is InChI=1S/C6H6.C4H5N.CH4O/c1-2-4-6-5-3-1;1-2-4-5-3-1;1-2/h1-6H;1-5H;2H,1H3. The van der Waals surface area contributed by atoms with Gasteiger partial charge < -0.3 is 10.1 Å². The van der Waals surface area contributed by atoms with E-state index in [0.29, 0.717) is 0 Å². The van der Waals surface area contributed by atoms with Crippen molar-refractivity contribution in [3.05, 3.63) is 60.9 Å². The highest BCUT2D eigenvalue weighted by molar-refractivity contribution is 4.99. The molecule has 0 amide bonds. The van der Waals surface area contributed by atoms with Crippen molar-refractivity contribution in [3.8, 4) is 0 Å². The molecule has 2 N–H and O–H groups in total. The van der Waals surface area contributed by atoms with Crippen LogP contribution in [0.2, 0.25) is 0 Å². The van der Waals surface area contributed by atoms with Gasteiger partial charge in [-0.25, -0.2) is 0 Å². The Bertz CT molecular complexity index is 196. The van der Waals surface area contributed by atoms with Crippen LogP contribution in [0, 0.1) is 0 Å². The van der Waals surface area contributed by atoms with Gasteiger partial charge in [0.05, 0.1) is 0 Å². The summed E-state index contributed by atoms with van der Waals surface area (Å²) in [5.74, 6) is 0. The number of hydrogen-bond donors (Lipinski definition) is 2. The largest absolute Gasteiger partial charge is 0.400 e. The minimum Gasteiger partial charge on any atom is -0.400 e. The number of benzene rings is 1. The molecule has 0 radical (unpaired) electrons. The molecule has 0 fully saturated rings. The highest BCUT2D eigenvalue weighted by atomic mass is 16.2. The Morgan fingerprint density at radius 3 is 1.08 bits per heavy atom. The smallest absolute Gasteiger partial charge is 0.0319 e. The van der Waals surface area contributed by atoms with Crippen molar-refractivity contribution in [1.82, 2.24) is 4.98 Å². The molecule has 1 heterocycles. The topological polar surface area (TPSA) is 36.0 Å². The van der Waals surface area contributed by atoms with Crippen molar-refractivity contribution < 1.29 is 5.11 Å². The van der Waals surface area contributed by atoms with E-state index in [1.807, 2.05) is 60.9 Å². The second-order valence-corrected chi connectivity index (χ2v) is 2.04. The van der Waals surface area contributed by atoms with Gasteiger partial charge in [0.25, 0.3) is 0 Å². The van der Waals surface area contributed by atoms with Gasteiger partial charge >= 0.3 is 0 Å². The van der Waals surface area contributed by atoms with E-state index < -0.39 is 0 Å². The lowest BCUT2D eigenvalue weighted by atomic mass is 10.4. The number of H-pyrrole nitrogens is 1. The third-order valence-electron chi connectivity index (χ3n) is 1.16. The first kappa shape index (κ1) is 11.5. The highest BCUT2D eigenvalue weighted by Crippen LogP contribution is 1.79. The molecule has 1 aromatic carbocycles. The number of aliphatic hydroxyl groups is 1. The van der Waals surface area contributed by atoms with Gasteiger partial charge in [0.1, 0.15) is 0 Å². The predicted octanol–water partition coefficient (Wildman–Crippen LogP) is 2.31. The Morgan fingerprint density at radius 2 is 0.923 bits per heavy atom. The normalized spacial score (nSPS) is 7.23. The van der Waals surface area contributed by atoms with Crippen LogP contribution in [0.3, 0.4) is 0 Å². The van der Waals surface area contributed by atoms with Crippen molar-refractivity contribution in [1.29, 1.82) is 0 Å². The molecule has 0 aliphatic carbocycles. The van der Waals surface area contributed by atoms with Gasteiger partial charge in [0.2, 0.25) is 0 Å². The number of aromatic nitrogens is 1. The minimum absolute atomic E-state index is 1.00. The summed E-state index contributed by atoms with van der Waals surface area (Å²) in [5.41, 5.74) is 0. The summed E-state index contributed by atoms with van der Waals surface area (Å²) >= 11 is 0. The van der Waals surface area contributed by atoms with Crippen molar-refractivity contribution >= 4 is 0 Å². The molecule has 2 aromatic rings. The summed E-state index contributed by atoms with van der Waals surface area (Å²) in [7, 11) is 1.00. The Kier molecular flexibility index (Phi) is 9.22. The van der Waals surface area contributed by atoms with E-state index >= 15 is 0 Å². The van der Waals surface area contributed by atoms with Crippen LogP contribution in [-0.2, 0) is 0 Å². The molecule has 2 rings (SSSR count). The summed E-state index contributed by atoms with van der Waals surface area (Å²) in [4.78, 5) is 2.86. The average molecular weight is 177 g/mol. The third kappa shape index (κ3) is 8.37. The molecular formula is C11H15NO. The first-order valence-corrected chi connectivity index (χ1v) is 4.02. The SMILES string of the molecule is CO.c1cc[nH]c1.c1ccccc1. The molecule has 0 spiro atoms.